The first-order valence-corrected chi connectivity index (χ1v) is 2.99. The van der Waals surface area contributed by atoms with Gasteiger partial charge >= 0.3 is 0 Å². The molecule has 0 unspecified atom stereocenters. The summed E-state index contributed by atoms with van der Waals surface area (Å²) in [7, 11) is 0. The van der Waals surface area contributed by atoms with Gasteiger partial charge in [-0.2, -0.15) is 0 Å². The van der Waals surface area contributed by atoms with E-state index in [4.69, 9.17) is 5.11 Å². The number of allylic oxidation sites excluding steroid dienone is 2. The van der Waals surface area contributed by atoms with Crippen molar-refractivity contribution >= 4 is 0 Å². The topological polar surface area (TPSA) is 20.2 Å². The molecule has 0 heterocycles. The minimum Gasteiger partial charge on any atom is -0.386 e. The minimum atomic E-state index is -0.709. The van der Waals surface area contributed by atoms with Crippen molar-refractivity contribution in [2.75, 3.05) is 0 Å². The van der Waals surface area contributed by atoms with Crippen molar-refractivity contribution in [2.24, 2.45) is 0 Å². The minimum absolute atomic E-state index is 0.709. The van der Waals surface area contributed by atoms with Crippen LogP contribution in [0.3, 0.4) is 0 Å². The average molecular weight is 126 g/mol. The molecule has 0 aromatic carbocycles. The second-order valence-electron chi connectivity index (χ2n) is 2.83. The monoisotopic (exact) mass is 126 g/mol. The third kappa shape index (κ3) is 7.44. The first-order chi connectivity index (χ1) is 3.92. The Kier molecular flexibility index (Phi) is 2.65. The van der Waals surface area contributed by atoms with E-state index in [-0.39, 0.29) is 0 Å². The van der Waals surface area contributed by atoms with Crippen LogP contribution in [0.2, 0.25) is 0 Å². The van der Waals surface area contributed by atoms with Crippen LogP contribution in [0.25, 0.3) is 0 Å². The van der Waals surface area contributed by atoms with Gasteiger partial charge in [0.2, 0.25) is 0 Å². The highest BCUT2D eigenvalue weighted by Crippen LogP contribution is 2.03. The second kappa shape index (κ2) is 2.83. The SMILES string of the molecule is C=C(C)C=CC(C)(C)O. The molecule has 0 aromatic heterocycles. The summed E-state index contributed by atoms with van der Waals surface area (Å²) in [6, 6.07) is 0. The van der Waals surface area contributed by atoms with E-state index >= 15 is 0 Å². The van der Waals surface area contributed by atoms with Crippen LogP contribution in [-0.2, 0) is 0 Å². The van der Waals surface area contributed by atoms with Gasteiger partial charge in [-0.15, -0.1) is 0 Å². The van der Waals surface area contributed by atoms with Crippen LogP contribution in [-0.4, -0.2) is 10.7 Å². The zero-order valence-electron chi connectivity index (χ0n) is 6.31. The van der Waals surface area contributed by atoms with Gasteiger partial charge in [-0.3, -0.25) is 0 Å². The summed E-state index contributed by atoms with van der Waals surface area (Å²) >= 11 is 0. The molecular weight excluding hydrogens is 112 g/mol. The predicted octanol–water partition coefficient (Wildman–Crippen LogP) is 1.89. The third-order valence-corrected chi connectivity index (χ3v) is 0.776. The first-order valence-electron chi connectivity index (χ1n) is 2.99. The molecule has 0 aliphatic heterocycles. The smallest absolute Gasteiger partial charge is 0.0774 e. The molecule has 0 spiro atoms. The van der Waals surface area contributed by atoms with Crippen LogP contribution in [0.4, 0.5) is 0 Å². The number of aliphatic hydroxyl groups is 1. The van der Waals surface area contributed by atoms with E-state index < -0.39 is 5.60 Å². The average Bonchev–Trinajstić information content (AvgIpc) is 1.59. The Balaban J connectivity index is 3.86. The Hall–Kier alpha value is -0.560. The molecule has 9 heavy (non-hydrogen) atoms. The van der Waals surface area contributed by atoms with E-state index in [0.29, 0.717) is 0 Å². The van der Waals surface area contributed by atoms with Gasteiger partial charge in [-0.1, -0.05) is 24.3 Å². The molecule has 0 rings (SSSR count). The molecule has 0 aromatic rings. The lowest BCUT2D eigenvalue weighted by Crippen LogP contribution is -2.13. The third-order valence-electron chi connectivity index (χ3n) is 0.776. The van der Waals surface area contributed by atoms with Gasteiger partial charge in [0.05, 0.1) is 5.60 Å². The Labute approximate surface area is 56.7 Å². The van der Waals surface area contributed by atoms with Crippen LogP contribution >= 0.6 is 0 Å². The molecule has 0 amide bonds. The fraction of sp³-hybridized carbons (Fsp3) is 0.500. The fourth-order valence-corrected chi connectivity index (χ4v) is 0.346. The summed E-state index contributed by atoms with van der Waals surface area (Å²) in [4.78, 5) is 0. The van der Waals surface area contributed by atoms with E-state index in [9.17, 15) is 0 Å². The summed E-state index contributed by atoms with van der Waals surface area (Å²) in [6.45, 7) is 9.01. The molecule has 0 radical (unpaired) electrons. The lowest BCUT2D eigenvalue weighted by molar-refractivity contribution is 0.133. The van der Waals surface area contributed by atoms with Crippen LogP contribution in [0.15, 0.2) is 24.3 Å². The predicted molar refractivity (Wildman–Crippen MR) is 40.3 cm³/mol. The summed E-state index contributed by atoms with van der Waals surface area (Å²) in [6.07, 6.45) is 3.52. The van der Waals surface area contributed by atoms with E-state index in [1.165, 1.54) is 0 Å². The molecule has 1 heteroatoms. The maximum absolute atomic E-state index is 9.14. The van der Waals surface area contributed by atoms with Gasteiger partial charge in [0, 0.05) is 0 Å². The van der Waals surface area contributed by atoms with E-state index in [1.807, 2.05) is 6.92 Å². The molecule has 0 aliphatic rings. The van der Waals surface area contributed by atoms with Gasteiger partial charge in [-0.25, -0.2) is 0 Å². The van der Waals surface area contributed by atoms with Crippen molar-refractivity contribution in [1.29, 1.82) is 0 Å². The van der Waals surface area contributed by atoms with Crippen molar-refractivity contribution in [2.45, 2.75) is 26.4 Å². The highest BCUT2D eigenvalue weighted by atomic mass is 16.3. The Bertz CT molecular complexity index is 126. The number of hydrogen-bond acceptors (Lipinski definition) is 1. The summed E-state index contributed by atoms with van der Waals surface area (Å²) in [5.74, 6) is 0. The molecule has 0 saturated heterocycles. The second-order valence-corrected chi connectivity index (χ2v) is 2.83. The van der Waals surface area contributed by atoms with Gasteiger partial charge in [0.15, 0.2) is 0 Å². The number of rotatable bonds is 2. The maximum atomic E-state index is 9.14. The molecule has 0 aliphatic carbocycles. The van der Waals surface area contributed by atoms with Gasteiger partial charge in [0.1, 0.15) is 0 Å². The van der Waals surface area contributed by atoms with Crippen molar-refractivity contribution < 1.29 is 5.11 Å². The van der Waals surface area contributed by atoms with Crippen molar-refractivity contribution in [3.05, 3.63) is 24.3 Å². The van der Waals surface area contributed by atoms with E-state index in [0.717, 1.165) is 5.57 Å². The number of hydrogen-bond donors (Lipinski definition) is 1. The van der Waals surface area contributed by atoms with E-state index in [1.54, 1.807) is 26.0 Å². The molecule has 52 valence electrons. The normalized spacial score (nSPS) is 12.4. The molecule has 0 atom stereocenters. The highest BCUT2D eigenvalue weighted by molar-refractivity contribution is 5.14. The standard InChI is InChI=1S/C8H14O/c1-7(2)5-6-8(3,4)9/h5-6,9H,1H2,2-4H3. The molecule has 0 bridgehead atoms. The largest absolute Gasteiger partial charge is 0.386 e. The lowest BCUT2D eigenvalue weighted by atomic mass is 10.1. The highest BCUT2D eigenvalue weighted by Gasteiger charge is 2.04. The van der Waals surface area contributed by atoms with Crippen molar-refractivity contribution in [3.8, 4) is 0 Å². The van der Waals surface area contributed by atoms with Crippen LogP contribution < -0.4 is 0 Å². The molecule has 0 saturated carbocycles. The Morgan fingerprint density at radius 2 is 2.00 bits per heavy atom. The molecule has 1 nitrogen and oxygen atoms in total. The maximum Gasteiger partial charge on any atom is 0.0774 e. The first kappa shape index (κ1) is 8.44. The Morgan fingerprint density at radius 3 is 2.11 bits per heavy atom. The summed E-state index contributed by atoms with van der Waals surface area (Å²) in [5, 5.41) is 9.14. The molecular formula is C8H14O. The molecule has 1 N–H and O–H groups in total. The van der Waals surface area contributed by atoms with Crippen LogP contribution in [0.1, 0.15) is 20.8 Å². The van der Waals surface area contributed by atoms with Gasteiger partial charge in [0.25, 0.3) is 0 Å². The van der Waals surface area contributed by atoms with Gasteiger partial charge < -0.3 is 5.11 Å². The van der Waals surface area contributed by atoms with Crippen LogP contribution in [0, 0.1) is 0 Å². The van der Waals surface area contributed by atoms with E-state index in [2.05, 4.69) is 6.58 Å². The van der Waals surface area contributed by atoms with Crippen molar-refractivity contribution in [3.63, 3.8) is 0 Å². The summed E-state index contributed by atoms with van der Waals surface area (Å²) < 4.78 is 0. The lowest BCUT2D eigenvalue weighted by Gasteiger charge is -2.09. The fourth-order valence-electron chi connectivity index (χ4n) is 0.346. The summed E-state index contributed by atoms with van der Waals surface area (Å²) in [5.41, 5.74) is 0.246. The zero-order valence-corrected chi connectivity index (χ0v) is 6.31. The quantitative estimate of drug-likeness (QED) is 0.560. The molecule has 0 fully saturated rings. The van der Waals surface area contributed by atoms with Gasteiger partial charge in [-0.05, 0) is 20.8 Å². The van der Waals surface area contributed by atoms with Crippen molar-refractivity contribution in [1.82, 2.24) is 0 Å². The van der Waals surface area contributed by atoms with Crippen LogP contribution in [0.5, 0.6) is 0 Å². The zero-order chi connectivity index (χ0) is 7.49. The Morgan fingerprint density at radius 1 is 1.56 bits per heavy atom.